The molecule has 0 aliphatic heterocycles. The fourth-order valence-electron chi connectivity index (χ4n) is 2.32. The summed E-state index contributed by atoms with van der Waals surface area (Å²) in [5, 5.41) is 22.9. The summed E-state index contributed by atoms with van der Waals surface area (Å²) in [5.41, 5.74) is 2.93. The Morgan fingerprint density at radius 2 is 1.96 bits per heavy atom. The first-order valence-corrected chi connectivity index (χ1v) is 7.27. The lowest BCUT2D eigenvalue weighted by atomic mass is 10.1. The van der Waals surface area contributed by atoms with E-state index in [0.717, 1.165) is 24.5 Å². The number of benzene rings is 1. The monoisotopic (exact) mass is 306 g/mol. The highest BCUT2D eigenvalue weighted by atomic mass is 15.6. The van der Waals surface area contributed by atoms with Crippen LogP contribution in [0.15, 0.2) is 54.9 Å². The summed E-state index contributed by atoms with van der Waals surface area (Å²) in [6, 6.07) is 13.9. The van der Waals surface area contributed by atoms with E-state index in [1.807, 2.05) is 29.1 Å². The highest BCUT2D eigenvalue weighted by Gasteiger charge is 2.01. The van der Waals surface area contributed by atoms with Gasteiger partial charge in [-0.25, -0.2) is 4.68 Å². The van der Waals surface area contributed by atoms with Gasteiger partial charge in [0.1, 0.15) is 5.82 Å². The van der Waals surface area contributed by atoms with Gasteiger partial charge in [0, 0.05) is 18.9 Å². The Labute approximate surface area is 131 Å². The Balaban J connectivity index is 1.37. The molecule has 0 radical (unpaired) electrons. The molecule has 4 rings (SSSR count). The minimum absolute atomic E-state index is 0.629. The van der Waals surface area contributed by atoms with Crippen LogP contribution in [0.1, 0.15) is 5.56 Å². The van der Waals surface area contributed by atoms with Crippen molar-refractivity contribution >= 4 is 11.5 Å². The van der Waals surface area contributed by atoms with Crippen LogP contribution < -0.4 is 5.32 Å². The molecule has 0 bridgehead atoms. The van der Waals surface area contributed by atoms with E-state index in [4.69, 9.17) is 0 Å². The Hall–Kier alpha value is -3.29. The van der Waals surface area contributed by atoms with Crippen molar-refractivity contribution in [3.63, 3.8) is 0 Å². The maximum atomic E-state index is 4.27. The summed E-state index contributed by atoms with van der Waals surface area (Å²) >= 11 is 0. The third-order valence-corrected chi connectivity index (χ3v) is 3.49. The molecule has 114 valence electrons. The van der Waals surface area contributed by atoms with Crippen LogP contribution in [-0.2, 0) is 6.42 Å². The Morgan fingerprint density at radius 1 is 1.04 bits per heavy atom. The third-order valence-electron chi connectivity index (χ3n) is 3.49. The van der Waals surface area contributed by atoms with E-state index >= 15 is 0 Å². The van der Waals surface area contributed by atoms with Crippen molar-refractivity contribution in [2.24, 2.45) is 0 Å². The maximum absolute atomic E-state index is 4.27. The zero-order valence-corrected chi connectivity index (χ0v) is 12.2. The summed E-state index contributed by atoms with van der Waals surface area (Å²) in [4.78, 5) is 0. The van der Waals surface area contributed by atoms with Gasteiger partial charge in [-0.2, -0.15) is 5.10 Å². The maximum Gasteiger partial charge on any atom is 0.200 e. The molecule has 1 aromatic carbocycles. The molecular formula is C15H14N8. The standard InChI is InChI=1S/C15H14N8/c1-9-17-22(11-1)13-4-2-12(3-5-13)8-10-16-14-6-7-15-18-20-21-23(15)19-14/h1-7,9,11H,8,10H2,(H,16,19). The van der Waals surface area contributed by atoms with Gasteiger partial charge in [-0.15, -0.1) is 14.8 Å². The number of hydrogen-bond acceptors (Lipinski definition) is 6. The molecule has 0 saturated heterocycles. The highest BCUT2D eigenvalue weighted by molar-refractivity contribution is 5.42. The molecule has 0 amide bonds. The lowest BCUT2D eigenvalue weighted by Crippen LogP contribution is -2.08. The van der Waals surface area contributed by atoms with Gasteiger partial charge in [-0.1, -0.05) is 12.1 Å². The molecule has 0 saturated carbocycles. The van der Waals surface area contributed by atoms with Crippen LogP contribution in [0.3, 0.4) is 0 Å². The lowest BCUT2D eigenvalue weighted by Gasteiger charge is -2.06. The first kappa shape index (κ1) is 13.4. The summed E-state index contributed by atoms with van der Waals surface area (Å²) in [7, 11) is 0. The largest absolute Gasteiger partial charge is 0.368 e. The molecule has 23 heavy (non-hydrogen) atoms. The second-order valence-corrected chi connectivity index (χ2v) is 5.04. The van der Waals surface area contributed by atoms with E-state index in [9.17, 15) is 0 Å². The molecule has 3 aromatic heterocycles. The summed E-state index contributed by atoms with van der Waals surface area (Å²) in [6.07, 6.45) is 4.60. The molecule has 0 aliphatic rings. The van der Waals surface area contributed by atoms with E-state index in [1.165, 1.54) is 10.2 Å². The number of anilines is 1. The van der Waals surface area contributed by atoms with Crippen molar-refractivity contribution in [3.05, 3.63) is 60.4 Å². The topological polar surface area (TPSA) is 85.8 Å². The first-order valence-electron chi connectivity index (χ1n) is 7.27. The Kier molecular flexibility index (Phi) is 3.39. The van der Waals surface area contributed by atoms with Gasteiger partial charge in [0.2, 0.25) is 0 Å². The predicted octanol–water partition coefficient (Wildman–Crippen LogP) is 1.36. The molecule has 4 aromatic rings. The number of rotatable bonds is 5. The van der Waals surface area contributed by atoms with Crippen LogP contribution in [0, 0.1) is 0 Å². The second kappa shape index (κ2) is 5.84. The lowest BCUT2D eigenvalue weighted by molar-refractivity contribution is 0.733. The van der Waals surface area contributed by atoms with E-state index in [1.54, 1.807) is 6.20 Å². The number of nitrogens with zero attached hydrogens (tertiary/aromatic N) is 7. The van der Waals surface area contributed by atoms with Crippen LogP contribution >= 0.6 is 0 Å². The zero-order chi connectivity index (χ0) is 15.5. The number of tetrazole rings is 1. The molecule has 0 fully saturated rings. The molecule has 0 atom stereocenters. The van der Waals surface area contributed by atoms with Crippen LogP contribution in [0.4, 0.5) is 5.82 Å². The Bertz CT molecular complexity index is 895. The fourth-order valence-corrected chi connectivity index (χ4v) is 2.32. The van der Waals surface area contributed by atoms with Crippen molar-refractivity contribution in [1.82, 2.24) is 35.0 Å². The molecular weight excluding hydrogens is 292 g/mol. The molecule has 0 spiro atoms. The first-order chi connectivity index (χ1) is 11.4. The van der Waals surface area contributed by atoms with Crippen LogP contribution in [0.2, 0.25) is 0 Å². The number of aromatic nitrogens is 7. The quantitative estimate of drug-likeness (QED) is 0.599. The third kappa shape index (κ3) is 2.86. The van der Waals surface area contributed by atoms with Gasteiger partial charge in [-0.05, 0) is 52.7 Å². The van der Waals surface area contributed by atoms with E-state index < -0.39 is 0 Å². The Morgan fingerprint density at radius 3 is 2.78 bits per heavy atom. The average molecular weight is 306 g/mol. The van der Waals surface area contributed by atoms with Gasteiger partial charge in [0.15, 0.2) is 5.65 Å². The highest BCUT2D eigenvalue weighted by Crippen LogP contribution is 2.10. The van der Waals surface area contributed by atoms with Crippen LogP contribution in [0.25, 0.3) is 11.3 Å². The molecule has 0 unspecified atom stereocenters. The van der Waals surface area contributed by atoms with Gasteiger partial charge in [0.25, 0.3) is 0 Å². The van der Waals surface area contributed by atoms with Gasteiger partial charge in [-0.3, -0.25) is 0 Å². The van der Waals surface area contributed by atoms with Gasteiger partial charge >= 0.3 is 0 Å². The number of fused-ring (bicyclic) bond motifs is 1. The van der Waals surface area contributed by atoms with Crippen molar-refractivity contribution in [2.75, 3.05) is 11.9 Å². The molecule has 0 aliphatic carbocycles. The number of hydrogen-bond donors (Lipinski definition) is 1. The SMILES string of the molecule is c1cnn(-c2ccc(CCNc3ccc4nnnn4n3)cc2)c1. The normalized spacial score (nSPS) is 11.0. The van der Waals surface area contributed by atoms with E-state index in [0.29, 0.717) is 5.65 Å². The molecule has 3 heterocycles. The fraction of sp³-hybridized carbons (Fsp3) is 0.133. The average Bonchev–Trinajstić information content (AvgIpc) is 3.27. The zero-order valence-electron chi connectivity index (χ0n) is 12.2. The number of nitrogens with one attached hydrogen (secondary N) is 1. The van der Waals surface area contributed by atoms with Crippen molar-refractivity contribution < 1.29 is 0 Å². The minimum atomic E-state index is 0.629. The van der Waals surface area contributed by atoms with Crippen LogP contribution in [-0.4, -0.2) is 41.6 Å². The second-order valence-electron chi connectivity index (χ2n) is 5.04. The predicted molar refractivity (Wildman–Crippen MR) is 84.3 cm³/mol. The van der Waals surface area contributed by atoms with E-state index in [-0.39, 0.29) is 0 Å². The van der Waals surface area contributed by atoms with Crippen molar-refractivity contribution in [3.8, 4) is 5.69 Å². The minimum Gasteiger partial charge on any atom is -0.368 e. The van der Waals surface area contributed by atoms with Crippen molar-refractivity contribution in [1.29, 1.82) is 0 Å². The van der Waals surface area contributed by atoms with Gasteiger partial charge in [0.05, 0.1) is 5.69 Å². The molecule has 8 heteroatoms. The smallest absolute Gasteiger partial charge is 0.200 e. The molecule has 1 N–H and O–H groups in total. The van der Waals surface area contributed by atoms with E-state index in [2.05, 4.69) is 55.3 Å². The summed E-state index contributed by atoms with van der Waals surface area (Å²) in [6.45, 7) is 0.780. The summed E-state index contributed by atoms with van der Waals surface area (Å²) < 4.78 is 3.24. The van der Waals surface area contributed by atoms with Crippen molar-refractivity contribution in [2.45, 2.75) is 6.42 Å². The van der Waals surface area contributed by atoms with Crippen LogP contribution in [0.5, 0.6) is 0 Å². The molecule has 8 nitrogen and oxygen atoms in total. The summed E-state index contributed by atoms with van der Waals surface area (Å²) in [5.74, 6) is 0.748. The van der Waals surface area contributed by atoms with Gasteiger partial charge < -0.3 is 5.32 Å².